The Morgan fingerprint density at radius 1 is 1.27 bits per heavy atom. The van der Waals surface area contributed by atoms with Crippen LogP contribution in [0.4, 0.5) is 0 Å². The summed E-state index contributed by atoms with van der Waals surface area (Å²) in [5.41, 5.74) is 1.24. The highest BCUT2D eigenvalue weighted by molar-refractivity contribution is 5.49. The van der Waals surface area contributed by atoms with Crippen LogP contribution in [0.25, 0.3) is 6.08 Å². The molecule has 1 aliphatic rings. The molecule has 0 aliphatic carbocycles. The van der Waals surface area contributed by atoms with Gasteiger partial charge in [-0.15, -0.1) is 0 Å². The van der Waals surface area contributed by atoms with Crippen molar-refractivity contribution in [3.05, 3.63) is 42.0 Å². The van der Waals surface area contributed by atoms with Gasteiger partial charge in [-0.1, -0.05) is 42.5 Å². The van der Waals surface area contributed by atoms with Gasteiger partial charge in [0.15, 0.2) is 0 Å². The largest absolute Gasteiger partial charge is 0.369 e. The van der Waals surface area contributed by atoms with Gasteiger partial charge < -0.3 is 4.74 Å². The molecule has 0 spiro atoms. The molecular formula is C10H10O. The fourth-order valence-electron chi connectivity index (χ4n) is 0.949. The lowest BCUT2D eigenvalue weighted by atomic mass is 10.2. The first-order chi connectivity index (χ1) is 5.45. The monoisotopic (exact) mass is 146 g/mol. The summed E-state index contributed by atoms with van der Waals surface area (Å²) in [5, 5.41) is 0. The van der Waals surface area contributed by atoms with Gasteiger partial charge in [-0.3, -0.25) is 0 Å². The van der Waals surface area contributed by atoms with Crippen LogP contribution in [0.3, 0.4) is 0 Å². The van der Waals surface area contributed by atoms with E-state index in [9.17, 15) is 0 Å². The van der Waals surface area contributed by atoms with Crippen LogP contribution in [0, 0.1) is 0 Å². The van der Waals surface area contributed by atoms with Crippen LogP contribution in [-0.2, 0) is 4.74 Å². The standard InChI is InChI=1S/C10H10O/c1-2-4-9(5-3-1)6-7-10-8-11-10/h1-7,10H,8H2/b7-6+/t10-/m1/s1. The van der Waals surface area contributed by atoms with Gasteiger partial charge in [0.1, 0.15) is 0 Å². The van der Waals surface area contributed by atoms with E-state index in [0.29, 0.717) is 6.10 Å². The maximum atomic E-state index is 5.04. The third-order valence-electron chi connectivity index (χ3n) is 1.66. The van der Waals surface area contributed by atoms with E-state index in [1.54, 1.807) is 0 Å². The number of ether oxygens (including phenoxy) is 1. The number of epoxide rings is 1. The Labute approximate surface area is 66.3 Å². The van der Waals surface area contributed by atoms with Gasteiger partial charge in [0.25, 0.3) is 0 Å². The summed E-state index contributed by atoms with van der Waals surface area (Å²) in [7, 11) is 0. The van der Waals surface area contributed by atoms with E-state index in [2.05, 4.69) is 24.3 Å². The van der Waals surface area contributed by atoms with Gasteiger partial charge >= 0.3 is 0 Å². The first-order valence-electron chi connectivity index (χ1n) is 3.80. The quantitative estimate of drug-likeness (QED) is 0.582. The third kappa shape index (κ3) is 1.92. The van der Waals surface area contributed by atoms with Crippen molar-refractivity contribution in [2.45, 2.75) is 6.10 Å². The van der Waals surface area contributed by atoms with Crippen molar-refractivity contribution in [2.24, 2.45) is 0 Å². The highest BCUT2D eigenvalue weighted by Gasteiger charge is 2.17. The Morgan fingerprint density at radius 2 is 2.00 bits per heavy atom. The summed E-state index contributed by atoms with van der Waals surface area (Å²) in [6.07, 6.45) is 4.57. The Hall–Kier alpha value is -1.08. The molecule has 0 unspecified atom stereocenters. The van der Waals surface area contributed by atoms with Gasteiger partial charge in [-0.25, -0.2) is 0 Å². The Kier molecular flexibility index (Phi) is 1.74. The second-order valence-corrected chi connectivity index (χ2v) is 2.64. The number of benzene rings is 1. The molecule has 1 heterocycles. The fraction of sp³-hybridized carbons (Fsp3) is 0.200. The van der Waals surface area contributed by atoms with Crippen molar-refractivity contribution in [1.29, 1.82) is 0 Å². The van der Waals surface area contributed by atoms with Crippen LogP contribution in [-0.4, -0.2) is 12.7 Å². The summed E-state index contributed by atoms with van der Waals surface area (Å²) in [6, 6.07) is 10.3. The first-order valence-corrected chi connectivity index (χ1v) is 3.80. The summed E-state index contributed by atoms with van der Waals surface area (Å²) < 4.78 is 5.04. The zero-order chi connectivity index (χ0) is 7.52. The second kappa shape index (κ2) is 2.89. The highest BCUT2D eigenvalue weighted by Crippen LogP contribution is 2.12. The number of rotatable bonds is 2. The third-order valence-corrected chi connectivity index (χ3v) is 1.66. The van der Waals surface area contributed by atoms with E-state index in [-0.39, 0.29) is 0 Å². The van der Waals surface area contributed by atoms with Crippen LogP contribution in [0.2, 0.25) is 0 Å². The molecule has 1 nitrogen and oxygen atoms in total. The molecule has 0 amide bonds. The summed E-state index contributed by atoms with van der Waals surface area (Å²) in [5.74, 6) is 0. The molecule has 0 saturated carbocycles. The minimum atomic E-state index is 0.384. The van der Waals surface area contributed by atoms with Gasteiger partial charge in [0.2, 0.25) is 0 Å². The SMILES string of the molecule is C(=C\[C@@H]1CO1)/c1ccccc1. The van der Waals surface area contributed by atoms with Crippen LogP contribution in [0.5, 0.6) is 0 Å². The average Bonchev–Trinajstić information content (AvgIpc) is 2.86. The van der Waals surface area contributed by atoms with Crippen molar-refractivity contribution in [2.75, 3.05) is 6.61 Å². The van der Waals surface area contributed by atoms with E-state index in [4.69, 9.17) is 4.74 Å². The molecule has 1 saturated heterocycles. The van der Waals surface area contributed by atoms with E-state index >= 15 is 0 Å². The zero-order valence-electron chi connectivity index (χ0n) is 6.23. The minimum absolute atomic E-state index is 0.384. The predicted octanol–water partition coefficient (Wildman–Crippen LogP) is 2.10. The fourth-order valence-corrected chi connectivity index (χ4v) is 0.949. The maximum Gasteiger partial charge on any atom is 0.0994 e. The van der Waals surface area contributed by atoms with Gasteiger partial charge in [0, 0.05) is 0 Å². The summed E-state index contributed by atoms with van der Waals surface area (Å²) >= 11 is 0. The molecule has 1 fully saturated rings. The van der Waals surface area contributed by atoms with E-state index in [1.165, 1.54) is 5.56 Å². The highest BCUT2D eigenvalue weighted by atomic mass is 16.6. The van der Waals surface area contributed by atoms with Crippen molar-refractivity contribution < 1.29 is 4.74 Å². The molecule has 56 valence electrons. The Bertz CT molecular complexity index is 247. The average molecular weight is 146 g/mol. The van der Waals surface area contributed by atoms with Crippen LogP contribution in [0.15, 0.2) is 36.4 Å². The Morgan fingerprint density at radius 3 is 2.64 bits per heavy atom. The normalized spacial score (nSPS) is 22.4. The lowest BCUT2D eigenvalue weighted by molar-refractivity contribution is 0.440. The van der Waals surface area contributed by atoms with Crippen molar-refractivity contribution in [3.63, 3.8) is 0 Å². The second-order valence-electron chi connectivity index (χ2n) is 2.64. The van der Waals surface area contributed by atoms with Crippen molar-refractivity contribution >= 4 is 6.08 Å². The van der Waals surface area contributed by atoms with Gasteiger partial charge in [-0.05, 0) is 5.56 Å². The van der Waals surface area contributed by atoms with Crippen molar-refractivity contribution in [3.8, 4) is 0 Å². The molecule has 0 aromatic heterocycles. The smallest absolute Gasteiger partial charge is 0.0994 e. The van der Waals surface area contributed by atoms with Gasteiger partial charge in [0.05, 0.1) is 12.7 Å². The maximum absolute atomic E-state index is 5.04. The topological polar surface area (TPSA) is 12.5 Å². The van der Waals surface area contributed by atoms with E-state index in [0.717, 1.165) is 6.61 Å². The molecule has 1 aliphatic heterocycles. The van der Waals surface area contributed by atoms with Gasteiger partial charge in [-0.2, -0.15) is 0 Å². The van der Waals surface area contributed by atoms with Crippen molar-refractivity contribution in [1.82, 2.24) is 0 Å². The predicted molar refractivity (Wildman–Crippen MR) is 45.2 cm³/mol. The van der Waals surface area contributed by atoms with E-state index < -0.39 is 0 Å². The molecule has 1 atom stereocenters. The molecule has 0 radical (unpaired) electrons. The lowest BCUT2D eigenvalue weighted by Crippen LogP contribution is -1.74. The molecule has 1 aromatic carbocycles. The molecule has 11 heavy (non-hydrogen) atoms. The summed E-state index contributed by atoms with van der Waals surface area (Å²) in [4.78, 5) is 0. The molecule has 1 aromatic rings. The number of hydrogen-bond acceptors (Lipinski definition) is 1. The molecule has 0 bridgehead atoms. The van der Waals surface area contributed by atoms with Crippen LogP contribution in [0.1, 0.15) is 5.56 Å². The minimum Gasteiger partial charge on any atom is -0.369 e. The van der Waals surface area contributed by atoms with Crippen LogP contribution >= 0.6 is 0 Å². The molecule has 1 heteroatoms. The van der Waals surface area contributed by atoms with E-state index in [1.807, 2.05) is 18.2 Å². The van der Waals surface area contributed by atoms with Crippen LogP contribution < -0.4 is 0 Å². The zero-order valence-corrected chi connectivity index (χ0v) is 6.23. The molecule has 0 N–H and O–H groups in total. The molecule has 2 rings (SSSR count). The lowest BCUT2D eigenvalue weighted by Gasteiger charge is -1.88. The Balaban J connectivity index is 2.05. The first kappa shape index (κ1) is 6.62. The summed E-state index contributed by atoms with van der Waals surface area (Å²) in [6.45, 7) is 0.892. The molecular weight excluding hydrogens is 136 g/mol. The number of hydrogen-bond donors (Lipinski definition) is 0.